The molecule has 1 atom stereocenters. The first-order valence-corrected chi connectivity index (χ1v) is 8.69. The number of amides is 2. The molecule has 2 heterocycles. The van der Waals surface area contributed by atoms with Gasteiger partial charge in [-0.2, -0.15) is 4.98 Å². The largest absolute Gasteiger partial charge is 0.481 e. The molecule has 2 N–H and O–H groups in total. The summed E-state index contributed by atoms with van der Waals surface area (Å²) in [5, 5.41) is 15.8. The molecular formula is C18H22N4O4. The summed E-state index contributed by atoms with van der Waals surface area (Å²) in [6, 6.07) is 9.35. The number of hydrogen-bond donors (Lipinski definition) is 2. The summed E-state index contributed by atoms with van der Waals surface area (Å²) >= 11 is 0. The fourth-order valence-corrected chi connectivity index (χ4v) is 2.91. The van der Waals surface area contributed by atoms with Crippen LogP contribution in [0.4, 0.5) is 4.79 Å². The van der Waals surface area contributed by atoms with Gasteiger partial charge in [0.2, 0.25) is 11.7 Å². The Morgan fingerprint density at radius 1 is 1.31 bits per heavy atom. The smallest absolute Gasteiger partial charge is 0.317 e. The minimum atomic E-state index is -0.788. The van der Waals surface area contributed by atoms with E-state index in [2.05, 4.69) is 15.5 Å². The summed E-state index contributed by atoms with van der Waals surface area (Å²) in [5.41, 5.74) is 0.875. The van der Waals surface area contributed by atoms with Crippen LogP contribution in [0.2, 0.25) is 0 Å². The lowest BCUT2D eigenvalue weighted by atomic mass is 9.97. The van der Waals surface area contributed by atoms with Crippen LogP contribution < -0.4 is 5.32 Å². The van der Waals surface area contributed by atoms with E-state index in [1.165, 1.54) is 0 Å². The number of piperidine rings is 1. The van der Waals surface area contributed by atoms with E-state index in [0.717, 1.165) is 5.56 Å². The van der Waals surface area contributed by atoms with Crippen LogP contribution in [0, 0.1) is 5.92 Å². The highest BCUT2D eigenvalue weighted by atomic mass is 16.5. The molecule has 26 heavy (non-hydrogen) atoms. The van der Waals surface area contributed by atoms with Gasteiger partial charge in [0.1, 0.15) is 0 Å². The van der Waals surface area contributed by atoms with Gasteiger partial charge in [0.25, 0.3) is 0 Å². The first-order chi connectivity index (χ1) is 12.5. The predicted molar refractivity (Wildman–Crippen MR) is 93.5 cm³/mol. The van der Waals surface area contributed by atoms with E-state index in [4.69, 9.17) is 9.63 Å². The Morgan fingerprint density at radius 2 is 2.00 bits per heavy atom. The highest BCUT2D eigenvalue weighted by Gasteiger charge is 2.27. The second-order valence-electron chi connectivity index (χ2n) is 6.51. The van der Waals surface area contributed by atoms with Gasteiger partial charge in [0.15, 0.2) is 0 Å². The number of benzene rings is 1. The quantitative estimate of drug-likeness (QED) is 0.849. The third kappa shape index (κ3) is 4.19. The number of rotatable bonds is 5. The fourth-order valence-electron chi connectivity index (χ4n) is 2.91. The van der Waals surface area contributed by atoms with Crippen LogP contribution in [0.15, 0.2) is 34.9 Å². The first kappa shape index (κ1) is 17.9. The molecule has 0 saturated carbocycles. The van der Waals surface area contributed by atoms with Gasteiger partial charge in [-0.15, -0.1) is 0 Å². The van der Waals surface area contributed by atoms with Crippen LogP contribution in [-0.4, -0.2) is 51.8 Å². The summed E-state index contributed by atoms with van der Waals surface area (Å²) < 4.78 is 5.31. The van der Waals surface area contributed by atoms with Crippen molar-refractivity contribution in [2.75, 3.05) is 19.6 Å². The lowest BCUT2D eigenvalue weighted by Crippen LogP contribution is -2.46. The van der Waals surface area contributed by atoms with E-state index >= 15 is 0 Å². The molecule has 1 unspecified atom stereocenters. The van der Waals surface area contributed by atoms with Gasteiger partial charge in [-0.1, -0.05) is 42.4 Å². The van der Waals surface area contributed by atoms with E-state index in [1.54, 1.807) is 4.90 Å². The lowest BCUT2D eigenvalue weighted by molar-refractivity contribution is -0.143. The molecule has 1 saturated heterocycles. The van der Waals surface area contributed by atoms with Gasteiger partial charge < -0.3 is 19.8 Å². The molecule has 8 nitrogen and oxygen atoms in total. The summed E-state index contributed by atoms with van der Waals surface area (Å²) in [7, 11) is 0. The second kappa shape index (κ2) is 7.99. The normalized spacial score (nSPS) is 16.3. The molecule has 0 bridgehead atoms. The second-order valence-corrected chi connectivity index (χ2v) is 6.51. The monoisotopic (exact) mass is 358 g/mol. The molecule has 1 aliphatic rings. The van der Waals surface area contributed by atoms with Gasteiger partial charge >= 0.3 is 12.0 Å². The zero-order valence-electron chi connectivity index (χ0n) is 14.6. The standard InChI is InChI=1S/C18H22N4O4/c1-12(16-20-15(21-26-16)13-5-3-2-4-6-13)11-19-18(25)22-9-7-14(8-10-22)17(23)24/h2-6,12,14H,7-11H2,1H3,(H,19,25)(H,23,24). The number of nitrogens with zero attached hydrogens (tertiary/aromatic N) is 3. The van der Waals surface area contributed by atoms with Crippen molar-refractivity contribution in [2.24, 2.45) is 5.92 Å². The Labute approximate surface area is 151 Å². The van der Waals surface area contributed by atoms with Crippen molar-refractivity contribution in [3.63, 3.8) is 0 Å². The molecule has 8 heteroatoms. The maximum Gasteiger partial charge on any atom is 0.317 e. The van der Waals surface area contributed by atoms with Crippen molar-refractivity contribution in [1.82, 2.24) is 20.4 Å². The number of likely N-dealkylation sites (tertiary alicyclic amines) is 1. The molecule has 0 aliphatic carbocycles. The molecule has 2 amide bonds. The van der Waals surface area contributed by atoms with Crippen LogP contribution in [0.5, 0.6) is 0 Å². The van der Waals surface area contributed by atoms with Crippen LogP contribution in [-0.2, 0) is 4.79 Å². The number of hydrogen-bond acceptors (Lipinski definition) is 5. The Kier molecular flexibility index (Phi) is 5.50. The van der Waals surface area contributed by atoms with E-state index in [1.807, 2.05) is 37.3 Å². The first-order valence-electron chi connectivity index (χ1n) is 8.69. The lowest BCUT2D eigenvalue weighted by Gasteiger charge is -2.30. The third-order valence-electron chi connectivity index (χ3n) is 4.59. The Hall–Kier alpha value is -2.90. The minimum absolute atomic E-state index is 0.125. The van der Waals surface area contributed by atoms with Gasteiger partial charge in [0.05, 0.1) is 11.8 Å². The zero-order chi connectivity index (χ0) is 18.5. The van der Waals surface area contributed by atoms with Crippen LogP contribution in [0.25, 0.3) is 11.4 Å². The number of urea groups is 1. The van der Waals surface area contributed by atoms with Gasteiger partial charge in [-0.25, -0.2) is 4.79 Å². The molecule has 2 aromatic rings. The van der Waals surface area contributed by atoms with Crippen molar-refractivity contribution in [1.29, 1.82) is 0 Å². The Balaban J connectivity index is 1.50. The fraction of sp³-hybridized carbons (Fsp3) is 0.444. The summed E-state index contributed by atoms with van der Waals surface area (Å²) in [4.78, 5) is 29.2. The van der Waals surface area contributed by atoms with Crippen molar-refractivity contribution >= 4 is 12.0 Å². The van der Waals surface area contributed by atoms with E-state index in [9.17, 15) is 9.59 Å². The minimum Gasteiger partial charge on any atom is -0.481 e. The van der Waals surface area contributed by atoms with Crippen molar-refractivity contribution in [2.45, 2.75) is 25.7 Å². The molecule has 1 aromatic carbocycles. The summed E-state index contributed by atoms with van der Waals surface area (Å²) in [6.45, 7) is 3.18. The maximum absolute atomic E-state index is 12.2. The molecule has 3 rings (SSSR count). The molecule has 138 valence electrons. The van der Waals surface area contributed by atoms with Crippen LogP contribution >= 0.6 is 0 Å². The molecular weight excluding hydrogens is 336 g/mol. The Morgan fingerprint density at radius 3 is 2.65 bits per heavy atom. The molecule has 1 aromatic heterocycles. The maximum atomic E-state index is 12.2. The molecule has 1 fully saturated rings. The molecule has 0 radical (unpaired) electrons. The number of carbonyl (C=O) groups is 2. The SMILES string of the molecule is CC(CNC(=O)N1CCC(C(=O)O)CC1)c1nc(-c2ccccc2)no1. The van der Waals surface area contributed by atoms with E-state index < -0.39 is 5.97 Å². The molecule has 0 spiro atoms. The zero-order valence-corrected chi connectivity index (χ0v) is 14.6. The number of carboxylic acids is 1. The Bertz CT molecular complexity index is 754. The van der Waals surface area contributed by atoms with Crippen LogP contribution in [0.3, 0.4) is 0 Å². The number of nitrogens with one attached hydrogen (secondary N) is 1. The third-order valence-corrected chi connectivity index (χ3v) is 4.59. The van der Waals surface area contributed by atoms with Crippen molar-refractivity contribution in [3.8, 4) is 11.4 Å². The highest BCUT2D eigenvalue weighted by Crippen LogP contribution is 2.20. The molecule has 1 aliphatic heterocycles. The van der Waals surface area contributed by atoms with Gasteiger partial charge in [0, 0.05) is 25.2 Å². The van der Waals surface area contributed by atoms with Crippen molar-refractivity contribution in [3.05, 3.63) is 36.2 Å². The van der Waals surface area contributed by atoms with E-state index in [0.29, 0.717) is 44.2 Å². The van der Waals surface area contributed by atoms with Gasteiger partial charge in [-0.3, -0.25) is 4.79 Å². The number of aliphatic carboxylic acids is 1. The van der Waals surface area contributed by atoms with Gasteiger partial charge in [-0.05, 0) is 12.8 Å². The number of carboxylic acid groups (broad SMARTS) is 1. The van der Waals surface area contributed by atoms with E-state index in [-0.39, 0.29) is 17.9 Å². The average Bonchev–Trinajstić information content (AvgIpc) is 3.17. The van der Waals surface area contributed by atoms with Crippen molar-refractivity contribution < 1.29 is 19.2 Å². The number of aromatic nitrogens is 2. The highest BCUT2D eigenvalue weighted by molar-refractivity contribution is 5.75. The number of carbonyl (C=O) groups excluding carboxylic acids is 1. The van der Waals surface area contributed by atoms with Crippen LogP contribution in [0.1, 0.15) is 31.6 Å². The topological polar surface area (TPSA) is 109 Å². The predicted octanol–water partition coefficient (Wildman–Crippen LogP) is 2.35. The average molecular weight is 358 g/mol. The summed E-state index contributed by atoms with van der Waals surface area (Å²) in [6.07, 6.45) is 0.977. The summed E-state index contributed by atoms with van der Waals surface area (Å²) in [5.74, 6) is -0.277.